The molecule has 1 aliphatic rings. The topological polar surface area (TPSA) is 79.2 Å². The molecule has 166 valence electrons. The maximum Gasteiger partial charge on any atom is 0.329 e. The van der Waals surface area contributed by atoms with Crippen molar-refractivity contribution in [2.45, 2.75) is 33.4 Å². The van der Waals surface area contributed by atoms with Crippen molar-refractivity contribution in [2.24, 2.45) is 13.0 Å². The van der Waals surface area contributed by atoms with Crippen molar-refractivity contribution in [3.63, 3.8) is 0 Å². The van der Waals surface area contributed by atoms with Gasteiger partial charge in [-0.05, 0) is 30.0 Å². The van der Waals surface area contributed by atoms with Gasteiger partial charge < -0.3 is 9.47 Å². The van der Waals surface area contributed by atoms with Gasteiger partial charge in [-0.25, -0.2) is 4.79 Å². The Kier molecular flexibility index (Phi) is 6.20. The van der Waals surface area contributed by atoms with Crippen LogP contribution in [0.25, 0.3) is 11.2 Å². The van der Waals surface area contributed by atoms with Gasteiger partial charge >= 0.3 is 5.69 Å². The molecule has 3 aromatic rings. The van der Waals surface area contributed by atoms with Crippen LogP contribution in [0.3, 0.4) is 0 Å². The lowest BCUT2D eigenvalue weighted by Crippen LogP contribution is -2.46. The van der Waals surface area contributed by atoms with Crippen LogP contribution in [0.1, 0.15) is 25.8 Å². The molecule has 1 saturated heterocycles. The van der Waals surface area contributed by atoms with Gasteiger partial charge in [0.2, 0.25) is 5.95 Å². The van der Waals surface area contributed by atoms with Crippen LogP contribution in [0.5, 0.6) is 0 Å². The van der Waals surface area contributed by atoms with E-state index in [4.69, 9.17) is 16.6 Å². The highest BCUT2D eigenvalue weighted by atomic mass is 35.5. The average molecular weight is 445 g/mol. The molecule has 2 aromatic heterocycles. The third-order valence-electron chi connectivity index (χ3n) is 5.87. The standard InChI is InChI=1S/C22H29ClN6O2/c1-15(2)7-8-29-18-19(26(3)22(31)25-20(18)30)24-21(29)28-11-9-27(10-12-28)14-16-5-4-6-17(23)13-16/h4-6,13,15H,7-12,14H2,1-3H3,(H,25,30,31). The molecule has 31 heavy (non-hydrogen) atoms. The molecule has 0 bridgehead atoms. The number of H-pyrrole nitrogens is 1. The first kappa shape index (κ1) is 21.6. The Hall–Kier alpha value is -2.58. The molecule has 1 N–H and O–H groups in total. The summed E-state index contributed by atoms with van der Waals surface area (Å²) < 4.78 is 3.40. The molecular formula is C22H29ClN6O2. The first-order valence-corrected chi connectivity index (χ1v) is 11.1. The van der Waals surface area contributed by atoms with E-state index in [2.05, 4.69) is 34.7 Å². The number of aromatic amines is 1. The lowest BCUT2D eigenvalue weighted by molar-refractivity contribution is 0.248. The molecule has 0 saturated carbocycles. The minimum atomic E-state index is -0.441. The Morgan fingerprint density at radius 3 is 2.58 bits per heavy atom. The van der Waals surface area contributed by atoms with E-state index in [1.807, 2.05) is 22.8 Å². The molecule has 0 radical (unpaired) electrons. The number of aryl methyl sites for hydroxylation is 2. The van der Waals surface area contributed by atoms with Crippen LogP contribution < -0.4 is 16.1 Å². The number of halogens is 1. The van der Waals surface area contributed by atoms with Crippen LogP contribution in [-0.2, 0) is 20.1 Å². The fourth-order valence-corrected chi connectivity index (χ4v) is 4.28. The molecule has 9 heteroatoms. The molecule has 1 aliphatic heterocycles. The molecule has 0 atom stereocenters. The van der Waals surface area contributed by atoms with Gasteiger partial charge in [-0.3, -0.25) is 19.2 Å². The highest BCUT2D eigenvalue weighted by Crippen LogP contribution is 2.23. The van der Waals surface area contributed by atoms with Crippen LogP contribution in [0.4, 0.5) is 5.95 Å². The number of aromatic nitrogens is 4. The summed E-state index contributed by atoms with van der Waals surface area (Å²) >= 11 is 6.12. The molecular weight excluding hydrogens is 416 g/mol. The van der Waals surface area contributed by atoms with Crippen LogP contribution in [0, 0.1) is 5.92 Å². The van der Waals surface area contributed by atoms with E-state index < -0.39 is 5.69 Å². The number of anilines is 1. The van der Waals surface area contributed by atoms with E-state index in [0.29, 0.717) is 23.6 Å². The van der Waals surface area contributed by atoms with Gasteiger partial charge in [0.25, 0.3) is 5.56 Å². The number of nitrogens with one attached hydrogen (secondary N) is 1. The van der Waals surface area contributed by atoms with Crippen LogP contribution in [0.2, 0.25) is 5.02 Å². The average Bonchev–Trinajstić information content (AvgIpc) is 3.11. The highest BCUT2D eigenvalue weighted by molar-refractivity contribution is 6.30. The number of piperazine rings is 1. The molecule has 3 heterocycles. The molecule has 4 rings (SSSR count). The van der Waals surface area contributed by atoms with Gasteiger partial charge in [0, 0.05) is 51.3 Å². The van der Waals surface area contributed by atoms with Gasteiger partial charge in [-0.1, -0.05) is 37.6 Å². The normalized spacial score (nSPS) is 15.3. The predicted molar refractivity (Wildman–Crippen MR) is 124 cm³/mol. The van der Waals surface area contributed by atoms with Crippen LogP contribution >= 0.6 is 11.6 Å². The number of fused-ring (bicyclic) bond motifs is 1. The largest absolute Gasteiger partial charge is 0.340 e. The summed E-state index contributed by atoms with van der Waals surface area (Å²) in [6, 6.07) is 7.97. The lowest BCUT2D eigenvalue weighted by Gasteiger charge is -2.35. The second kappa shape index (κ2) is 8.88. The maximum atomic E-state index is 12.6. The van der Waals surface area contributed by atoms with Gasteiger partial charge in [0.1, 0.15) is 0 Å². The van der Waals surface area contributed by atoms with E-state index >= 15 is 0 Å². The summed E-state index contributed by atoms with van der Waals surface area (Å²) in [4.78, 5) is 36.5. The van der Waals surface area contributed by atoms with Crippen molar-refractivity contribution in [1.29, 1.82) is 0 Å². The second-order valence-corrected chi connectivity index (χ2v) is 9.07. The van der Waals surface area contributed by atoms with Gasteiger partial charge in [0.15, 0.2) is 11.2 Å². The molecule has 1 fully saturated rings. The van der Waals surface area contributed by atoms with Gasteiger partial charge in [-0.2, -0.15) is 4.98 Å². The fraction of sp³-hybridized carbons (Fsp3) is 0.500. The minimum Gasteiger partial charge on any atom is -0.340 e. The number of rotatable bonds is 6. The van der Waals surface area contributed by atoms with Crippen molar-refractivity contribution in [1.82, 2.24) is 24.0 Å². The predicted octanol–water partition coefficient (Wildman–Crippen LogP) is 2.45. The summed E-state index contributed by atoms with van der Waals surface area (Å²) in [5, 5.41) is 0.755. The number of imidazole rings is 1. The zero-order chi connectivity index (χ0) is 22.1. The van der Waals surface area contributed by atoms with Gasteiger partial charge in [-0.15, -0.1) is 0 Å². The lowest BCUT2D eigenvalue weighted by atomic mass is 10.1. The smallest absolute Gasteiger partial charge is 0.329 e. The number of hydrogen-bond acceptors (Lipinski definition) is 5. The summed E-state index contributed by atoms with van der Waals surface area (Å²) in [6.45, 7) is 9.24. The van der Waals surface area contributed by atoms with Crippen LogP contribution in [-0.4, -0.2) is 50.2 Å². The summed E-state index contributed by atoms with van der Waals surface area (Å²) in [5.74, 6) is 1.26. The monoisotopic (exact) mass is 444 g/mol. The Labute approximate surface area is 186 Å². The first-order valence-electron chi connectivity index (χ1n) is 10.7. The Morgan fingerprint density at radius 2 is 1.90 bits per heavy atom. The van der Waals surface area contributed by atoms with Crippen molar-refractivity contribution in [3.8, 4) is 0 Å². The van der Waals surface area contributed by atoms with E-state index in [1.54, 1.807) is 7.05 Å². The van der Waals surface area contributed by atoms with E-state index in [9.17, 15) is 9.59 Å². The summed E-state index contributed by atoms with van der Waals surface area (Å²) in [5.41, 5.74) is 1.30. The molecule has 0 unspecified atom stereocenters. The number of hydrogen-bond donors (Lipinski definition) is 1. The molecule has 0 amide bonds. The third kappa shape index (κ3) is 4.55. The van der Waals surface area contributed by atoms with Crippen molar-refractivity contribution < 1.29 is 0 Å². The van der Waals surface area contributed by atoms with E-state index in [0.717, 1.165) is 50.1 Å². The molecule has 1 aromatic carbocycles. The van der Waals surface area contributed by atoms with E-state index in [1.165, 1.54) is 10.1 Å². The number of benzene rings is 1. The highest BCUT2D eigenvalue weighted by Gasteiger charge is 2.25. The Morgan fingerprint density at radius 1 is 1.16 bits per heavy atom. The second-order valence-electron chi connectivity index (χ2n) is 8.63. The molecule has 0 aliphatic carbocycles. The van der Waals surface area contributed by atoms with Crippen molar-refractivity contribution in [3.05, 3.63) is 55.7 Å². The zero-order valence-electron chi connectivity index (χ0n) is 18.3. The summed E-state index contributed by atoms with van der Waals surface area (Å²) in [6.07, 6.45) is 0.926. The first-order chi connectivity index (χ1) is 14.8. The quantitative estimate of drug-likeness (QED) is 0.631. The van der Waals surface area contributed by atoms with Gasteiger partial charge in [0.05, 0.1) is 0 Å². The maximum absolute atomic E-state index is 12.6. The fourth-order valence-electron chi connectivity index (χ4n) is 4.06. The summed E-state index contributed by atoms with van der Waals surface area (Å²) in [7, 11) is 1.65. The van der Waals surface area contributed by atoms with E-state index in [-0.39, 0.29) is 5.56 Å². The zero-order valence-corrected chi connectivity index (χ0v) is 19.0. The molecule has 8 nitrogen and oxygen atoms in total. The molecule has 0 spiro atoms. The SMILES string of the molecule is CC(C)CCn1c(N2CCN(Cc3cccc(Cl)c3)CC2)nc2c1c(=O)[nH]c(=O)n2C. The van der Waals surface area contributed by atoms with Crippen molar-refractivity contribution >= 4 is 28.7 Å². The number of nitrogens with zero attached hydrogens (tertiary/aromatic N) is 5. The third-order valence-corrected chi connectivity index (χ3v) is 6.10. The Balaban J connectivity index is 1.59. The minimum absolute atomic E-state index is 0.375. The van der Waals surface area contributed by atoms with Crippen LogP contribution in [0.15, 0.2) is 33.9 Å². The Bertz CT molecular complexity index is 1190. The van der Waals surface area contributed by atoms with Crippen molar-refractivity contribution in [2.75, 3.05) is 31.1 Å².